The number of nitrogens with two attached hydrogens (primary N) is 1. The van der Waals surface area contributed by atoms with Gasteiger partial charge in [0, 0.05) is 6.54 Å². The van der Waals surface area contributed by atoms with Crippen molar-refractivity contribution in [2.75, 3.05) is 20.2 Å². The van der Waals surface area contributed by atoms with Crippen LogP contribution in [0.25, 0.3) is 0 Å². The molecule has 0 aliphatic rings. The van der Waals surface area contributed by atoms with Crippen molar-refractivity contribution < 1.29 is 9.84 Å². The molecule has 0 aliphatic carbocycles. The van der Waals surface area contributed by atoms with Crippen molar-refractivity contribution in [1.82, 2.24) is 5.32 Å². The van der Waals surface area contributed by atoms with Gasteiger partial charge in [-0.25, -0.2) is 0 Å². The van der Waals surface area contributed by atoms with Crippen LogP contribution >= 0.6 is 0 Å². The second kappa shape index (κ2) is 7.09. The van der Waals surface area contributed by atoms with E-state index in [-0.39, 0.29) is 5.75 Å². The van der Waals surface area contributed by atoms with Gasteiger partial charge in [-0.2, -0.15) is 0 Å². The van der Waals surface area contributed by atoms with Crippen LogP contribution in [0.3, 0.4) is 0 Å². The summed E-state index contributed by atoms with van der Waals surface area (Å²) in [4.78, 5) is 0. The number of unbranched alkanes of at least 4 members (excludes halogenated alkanes) is 1. The second-order valence-corrected chi connectivity index (χ2v) is 3.68. The Morgan fingerprint density at radius 1 is 1.38 bits per heavy atom. The van der Waals surface area contributed by atoms with Crippen LogP contribution in [0.1, 0.15) is 18.4 Å². The van der Waals surface area contributed by atoms with Crippen molar-refractivity contribution in [3.8, 4) is 11.5 Å². The van der Waals surface area contributed by atoms with E-state index in [0.717, 1.165) is 38.0 Å². The van der Waals surface area contributed by atoms with Crippen LogP contribution in [0.15, 0.2) is 18.2 Å². The summed E-state index contributed by atoms with van der Waals surface area (Å²) in [5.41, 5.74) is 6.45. The highest BCUT2D eigenvalue weighted by atomic mass is 16.5. The first-order chi connectivity index (χ1) is 7.77. The first-order valence-electron chi connectivity index (χ1n) is 5.54. The number of hydrogen-bond acceptors (Lipinski definition) is 4. The predicted octanol–water partition coefficient (Wildman–Crippen LogP) is 1.23. The van der Waals surface area contributed by atoms with Gasteiger partial charge in [-0.15, -0.1) is 0 Å². The highest BCUT2D eigenvalue weighted by molar-refractivity contribution is 5.41. The third-order valence-electron chi connectivity index (χ3n) is 2.38. The number of aromatic hydroxyl groups is 1. The maximum atomic E-state index is 9.56. The van der Waals surface area contributed by atoms with Gasteiger partial charge in [-0.1, -0.05) is 6.07 Å². The van der Waals surface area contributed by atoms with E-state index in [4.69, 9.17) is 10.5 Å². The quantitative estimate of drug-likeness (QED) is 0.609. The Kier molecular flexibility index (Phi) is 5.67. The molecule has 0 bridgehead atoms. The van der Waals surface area contributed by atoms with Gasteiger partial charge in [-0.05, 0) is 43.6 Å². The lowest BCUT2D eigenvalue weighted by Gasteiger charge is -2.07. The number of hydrogen-bond donors (Lipinski definition) is 3. The van der Waals surface area contributed by atoms with Gasteiger partial charge in [0.05, 0.1) is 7.11 Å². The van der Waals surface area contributed by atoms with Gasteiger partial charge in [0.25, 0.3) is 0 Å². The van der Waals surface area contributed by atoms with E-state index < -0.39 is 0 Å². The maximum absolute atomic E-state index is 9.56. The number of nitrogens with one attached hydrogen (secondary N) is 1. The van der Waals surface area contributed by atoms with Crippen molar-refractivity contribution >= 4 is 0 Å². The van der Waals surface area contributed by atoms with E-state index in [1.54, 1.807) is 19.2 Å². The highest BCUT2D eigenvalue weighted by Gasteiger charge is 2.01. The summed E-state index contributed by atoms with van der Waals surface area (Å²) >= 11 is 0. The van der Waals surface area contributed by atoms with Gasteiger partial charge in [-0.3, -0.25) is 0 Å². The number of methoxy groups -OCH3 is 1. The summed E-state index contributed by atoms with van der Waals surface area (Å²) in [5, 5.41) is 12.9. The largest absolute Gasteiger partial charge is 0.504 e. The minimum Gasteiger partial charge on any atom is -0.504 e. The molecule has 4 nitrogen and oxygen atoms in total. The zero-order chi connectivity index (χ0) is 11.8. The summed E-state index contributed by atoms with van der Waals surface area (Å²) in [6.07, 6.45) is 2.12. The molecule has 0 fully saturated rings. The summed E-state index contributed by atoms with van der Waals surface area (Å²) in [5.74, 6) is 0.690. The smallest absolute Gasteiger partial charge is 0.160 e. The van der Waals surface area contributed by atoms with Crippen LogP contribution in [0.5, 0.6) is 11.5 Å². The summed E-state index contributed by atoms with van der Waals surface area (Å²) in [7, 11) is 1.54. The molecule has 0 aliphatic heterocycles. The fraction of sp³-hybridized carbons (Fsp3) is 0.500. The summed E-state index contributed by atoms with van der Waals surface area (Å²) in [6, 6.07) is 5.43. The molecular formula is C12H20N2O2. The Balaban J connectivity index is 2.34. The highest BCUT2D eigenvalue weighted by Crippen LogP contribution is 2.25. The molecule has 1 aromatic rings. The van der Waals surface area contributed by atoms with Crippen molar-refractivity contribution in [2.45, 2.75) is 19.4 Å². The third kappa shape index (κ3) is 4.08. The van der Waals surface area contributed by atoms with Crippen LogP contribution < -0.4 is 15.8 Å². The first kappa shape index (κ1) is 12.8. The Bertz CT molecular complexity index is 316. The first-order valence-corrected chi connectivity index (χ1v) is 5.54. The van der Waals surface area contributed by atoms with E-state index in [0.29, 0.717) is 5.75 Å². The Morgan fingerprint density at radius 3 is 2.81 bits per heavy atom. The molecule has 1 aromatic carbocycles. The minimum absolute atomic E-state index is 0.184. The standard InChI is InChI=1S/C12H20N2O2/c1-16-12-5-4-10(8-11(12)15)9-14-7-3-2-6-13/h4-5,8,14-15H,2-3,6-7,9,13H2,1H3. The zero-order valence-electron chi connectivity index (χ0n) is 9.70. The fourth-order valence-corrected chi connectivity index (χ4v) is 1.47. The SMILES string of the molecule is COc1ccc(CNCCCCN)cc1O. The van der Waals surface area contributed by atoms with Gasteiger partial charge >= 0.3 is 0 Å². The van der Waals surface area contributed by atoms with E-state index in [2.05, 4.69) is 5.32 Å². The molecule has 0 radical (unpaired) electrons. The van der Waals surface area contributed by atoms with Crippen LogP contribution in [0.4, 0.5) is 0 Å². The van der Waals surface area contributed by atoms with Gasteiger partial charge < -0.3 is 20.9 Å². The molecule has 0 saturated carbocycles. The molecular weight excluding hydrogens is 204 g/mol. The lowest BCUT2D eigenvalue weighted by molar-refractivity contribution is 0.373. The Morgan fingerprint density at radius 2 is 2.19 bits per heavy atom. The molecule has 90 valence electrons. The fourth-order valence-electron chi connectivity index (χ4n) is 1.47. The van der Waals surface area contributed by atoms with Crippen molar-refractivity contribution in [1.29, 1.82) is 0 Å². The molecule has 1 rings (SSSR count). The molecule has 4 N–H and O–H groups in total. The predicted molar refractivity (Wildman–Crippen MR) is 64.7 cm³/mol. The van der Waals surface area contributed by atoms with Crippen LogP contribution in [0.2, 0.25) is 0 Å². The van der Waals surface area contributed by atoms with Gasteiger partial charge in [0.2, 0.25) is 0 Å². The lowest BCUT2D eigenvalue weighted by Crippen LogP contribution is -2.15. The van der Waals surface area contributed by atoms with Gasteiger partial charge in [0.15, 0.2) is 11.5 Å². The molecule has 0 unspecified atom stereocenters. The number of ether oxygens (including phenoxy) is 1. The maximum Gasteiger partial charge on any atom is 0.160 e. The average Bonchev–Trinajstić information content (AvgIpc) is 2.29. The van der Waals surface area contributed by atoms with Gasteiger partial charge in [0.1, 0.15) is 0 Å². The molecule has 0 saturated heterocycles. The minimum atomic E-state index is 0.184. The van der Waals surface area contributed by atoms with Crippen molar-refractivity contribution in [3.63, 3.8) is 0 Å². The van der Waals surface area contributed by atoms with E-state index in [1.807, 2.05) is 6.07 Å². The number of phenolic OH excluding ortho intramolecular Hbond substituents is 1. The van der Waals surface area contributed by atoms with Crippen molar-refractivity contribution in [2.24, 2.45) is 5.73 Å². The Labute approximate surface area is 96.4 Å². The van der Waals surface area contributed by atoms with Crippen molar-refractivity contribution in [3.05, 3.63) is 23.8 Å². The number of phenols is 1. The average molecular weight is 224 g/mol. The molecule has 4 heteroatoms. The van der Waals surface area contributed by atoms with E-state index >= 15 is 0 Å². The molecule has 16 heavy (non-hydrogen) atoms. The zero-order valence-corrected chi connectivity index (χ0v) is 9.70. The molecule has 0 amide bonds. The van der Waals surface area contributed by atoms with Crippen LogP contribution in [-0.2, 0) is 6.54 Å². The molecule has 0 aromatic heterocycles. The topological polar surface area (TPSA) is 67.5 Å². The normalized spacial score (nSPS) is 10.4. The monoisotopic (exact) mass is 224 g/mol. The van der Waals surface area contributed by atoms with Crippen LogP contribution in [-0.4, -0.2) is 25.3 Å². The second-order valence-electron chi connectivity index (χ2n) is 3.68. The number of benzene rings is 1. The third-order valence-corrected chi connectivity index (χ3v) is 2.38. The molecule has 0 heterocycles. The summed E-state index contributed by atoms with van der Waals surface area (Å²) in [6.45, 7) is 2.44. The van der Waals surface area contributed by atoms with E-state index in [9.17, 15) is 5.11 Å². The Hall–Kier alpha value is -1.26. The van der Waals surface area contributed by atoms with Crippen LogP contribution in [0, 0.1) is 0 Å². The summed E-state index contributed by atoms with van der Waals surface area (Å²) < 4.78 is 4.97. The molecule has 0 atom stereocenters. The molecule has 0 spiro atoms. The van der Waals surface area contributed by atoms with E-state index in [1.165, 1.54) is 0 Å². The lowest BCUT2D eigenvalue weighted by atomic mass is 10.2. The number of rotatable bonds is 7.